The van der Waals surface area contributed by atoms with Crippen molar-refractivity contribution < 1.29 is 13.9 Å². The monoisotopic (exact) mass is 338 g/mol. The molecule has 4 nitrogen and oxygen atoms in total. The maximum atomic E-state index is 13.5. The van der Waals surface area contributed by atoms with Crippen LogP contribution >= 0.6 is 15.9 Å². The van der Waals surface area contributed by atoms with Crippen LogP contribution in [0.1, 0.15) is 11.1 Å². The number of ether oxygens (including phenoxy) is 1. The van der Waals surface area contributed by atoms with E-state index in [1.54, 1.807) is 6.92 Å². The van der Waals surface area contributed by atoms with Gasteiger partial charge < -0.3 is 4.74 Å². The van der Waals surface area contributed by atoms with E-state index in [4.69, 9.17) is 4.74 Å². The van der Waals surface area contributed by atoms with Crippen LogP contribution in [0, 0.1) is 12.9 Å². The van der Waals surface area contributed by atoms with Crippen molar-refractivity contribution in [2.24, 2.45) is 0 Å². The van der Waals surface area contributed by atoms with E-state index in [-0.39, 0.29) is 12.3 Å². The summed E-state index contributed by atoms with van der Waals surface area (Å²) in [4.78, 5) is 15.2. The summed E-state index contributed by atoms with van der Waals surface area (Å²) in [6, 6.07) is 10.7. The molecule has 0 aliphatic carbocycles. The van der Waals surface area contributed by atoms with Gasteiger partial charge in [-0.15, -0.1) is 0 Å². The van der Waals surface area contributed by atoms with E-state index in [0.29, 0.717) is 10.2 Å². The number of hydrogen-bond acceptors (Lipinski definition) is 3. The quantitative estimate of drug-likeness (QED) is 0.859. The van der Waals surface area contributed by atoms with Crippen molar-refractivity contribution >= 4 is 27.7 Å². The van der Waals surface area contributed by atoms with Gasteiger partial charge in [-0.3, -0.25) is 5.32 Å². The van der Waals surface area contributed by atoms with Gasteiger partial charge >= 0.3 is 6.09 Å². The Bertz CT molecular complexity index is 620. The molecule has 104 valence electrons. The van der Waals surface area contributed by atoms with Gasteiger partial charge in [0.05, 0.1) is 5.69 Å². The number of aromatic nitrogens is 1. The Hall–Kier alpha value is -1.95. The minimum atomic E-state index is -0.765. The van der Waals surface area contributed by atoms with E-state index in [9.17, 15) is 9.18 Å². The number of carbonyl (C=O) groups excluding carboxylic acids is 1. The van der Waals surface area contributed by atoms with E-state index in [2.05, 4.69) is 26.2 Å². The maximum absolute atomic E-state index is 13.5. The SMILES string of the molecule is Cc1cc(NC(=O)OCc2ccccc2)c(F)nc1Br. The summed E-state index contributed by atoms with van der Waals surface area (Å²) in [5, 5.41) is 2.33. The number of nitrogens with zero attached hydrogens (tertiary/aromatic N) is 1. The van der Waals surface area contributed by atoms with Gasteiger partial charge in [0.2, 0.25) is 5.95 Å². The molecule has 1 amide bonds. The molecule has 2 rings (SSSR count). The largest absolute Gasteiger partial charge is 0.444 e. The zero-order valence-corrected chi connectivity index (χ0v) is 12.3. The van der Waals surface area contributed by atoms with E-state index in [1.165, 1.54) is 6.07 Å². The van der Waals surface area contributed by atoms with Crippen LogP contribution in [0.2, 0.25) is 0 Å². The molecule has 2 aromatic rings. The number of halogens is 2. The van der Waals surface area contributed by atoms with Crippen molar-refractivity contribution in [2.45, 2.75) is 13.5 Å². The highest BCUT2D eigenvalue weighted by molar-refractivity contribution is 9.10. The molecule has 0 unspecified atom stereocenters. The van der Waals surface area contributed by atoms with Crippen LogP contribution in [-0.2, 0) is 11.3 Å². The molecule has 1 aromatic carbocycles. The lowest BCUT2D eigenvalue weighted by molar-refractivity contribution is 0.155. The molecule has 1 N–H and O–H groups in total. The van der Waals surface area contributed by atoms with E-state index < -0.39 is 12.0 Å². The third-order valence-corrected chi connectivity index (χ3v) is 3.36. The summed E-state index contributed by atoms with van der Waals surface area (Å²) < 4.78 is 18.9. The van der Waals surface area contributed by atoms with Crippen LogP contribution in [-0.4, -0.2) is 11.1 Å². The van der Waals surface area contributed by atoms with Crippen LogP contribution in [0.25, 0.3) is 0 Å². The second kappa shape index (κ2) is 6.47. The first-order valence-electron chi connectivity index (χ1n) is 5.86. The molecule has 20 heavy (non-hydrogen) atoms. The average Bonchev–Trinajstić information content (AvgIpc) is 2.44. The number of pyridine rings is 1. The molecule has 0 saturated heterocycles. The third kappa shape index (κ3) is 3.77. The zero-order valence-electron chi connectivity index (χ0n) is 10.7. The first kappa shape index (κ1) is 14.5. The number of aryl methyl sites for hydroxylation is 1. The first-order valence-corrected chi connectivity index (χ1v) is 6.66. The number of carbonyl (C=O) groups is 1. The molecule has 0 spiro atoms. The fourth-order valence-corrected chi connectivity index (χ4v) is 1.80. The van der Waals surface area contributed by atoms with E-state index in [0.717, 1.165) is 5.56 Å². The summed E-state index contributed by atoms with van der Waals surface area (Å²) >= 11 is 3.11. The molecule has 1 heterocycles. The lowest BCUT2D eigenvalue weighted by atomic mass is 10.2. The fraction of sp³-hybridized carbons (Fsp3) is 0.143. The lowest BCUT2D eigenvalue weighted by Gasteiger charge is -2.08. The van der Waals surface area contributed by atoms with Crippen molar-refractivity contribution in [3.8, 4) is 0 Å². The minimum Gasteiger partial charge on any atom is -0.444 e. The highest BCUT2D eigenvalue weighted by Crippen LogP contribution is 2.20. The standard InChI is InChI=1S/C14H12BrFN2O2/c1-9-7-11(13(16)18-12(9)15)17-14(19)20-8-10-5-3-2-4-6-10/h2-7H,8H2,1H3,(H,17,19). The van der Waals surface area contributed by atoms with E-state index in [1.807, 2.05) is 30.3 Å². The van der Waals surface area contributed by atoms with Crippen LogP contribution in [0.5, 0.6) is 0 Å². The number of amides is 1. The second-order valence-corrected chi connectivity index (χ2v) is 4.87. The number of nitrogens with one attached hydrogen (secondary N) is 1. The summed E-state index contributed by atoms with van der Waals surface area (Å²) in [5.74, 6) is -0.765. The molecule has 0 bridgehead atoms. The predicted molar refractivity (Wildman–Crippen MR) is 76.9 cm³/mol. The molecule has 0 saturated carbocycles. The number of rotatable bonds is 3. The number of anilines is 1. The van der Waals surface area contributed by atoms with Gasteiger partial charge in [-0.1, -0.05) is 30.3 Å². The average molecular weight is 339 g/mol. The Kier molecular flexibility index (Phi) is 4.68. The molecule has 0 atom stereocenters. The van der Waals surface area contributed by atoms with Gasteiger partial charge in [-0.05, 0) is 40.0 Å². The van der Waals surface area contributed by atoms with Crippen LogP contribution < -0.4 is 5.32 Å². The highest BCUT2D eigenvalue weighted by Gasteiger charge is 2.11. The van der Waals surface area contributed by atoms with Crippen LogP contribution in [0.3, 0.4) is 0 Å². The summed E-state index contributed by atoms with van der Waals surface area (Å²) in [5.41, 5.74) is 1.56. The van der Waals surface area contributed by atoms with Crippen molar-refractivity contribution in [3.05, 3.63) is 58.1 Å². The topological polar surface area (TPSA) is 51.2 Å². The molecular weight excluding hydrogens is 327 g/mol. The third-order valence-electron chi connectivity index (χ3n) is 2.55. The normalized spacial score (nSPS) is 10.2. The van der Waals surface area contributed by atoms with Gasteiger partial charge in [0, 0.05) is 0 Å². The molecule has 0 radical (unpaired) electrons. The van der Waals surface area contributed by atoms with Crippen LogP contribution in [0.4, 0.5) is 14.9 Å². The van der Waals surface area contributed by atoms with Gasteiger partial charge in [-0.2, -0.15) is 4.39 Å². The molecule has 0 aliphatic heterocycles. The van der Waals surface area contributed by atoms with Gasteiger partial charge in [0.1, 0.15) is 11.2 Å². The van der Waals surface area contributed by atoms with Gasteiger partial charge in [0.15, 0.2) is 0 Å². The minimum absolute atomic E-state index is 0.0104. The summed E-state index contributed by atoms with van der Waals surface area (Å²) in [6.07, 6.45) is -0.726. The predicted octanol–water partition coefficient (Wildman–Crippen LogP) is 4.04. The van der Waals surface area contributed by atoms with Crippen molar-refractivity contribution in [1.82, 2.24) is 4.98 Å². The Labute approximate surface area is 124 Å². The Morgan fingerprint density at radius 1 is 1.40 bits per heavy atom. The maximum Gasteiger partial charge on any atom is 0.412 e. The zero-order chi connectivity index (χ0) is 14.5. The number of hydrogen-bond donors (Lipinski definition) is 1. The van der Waals surface area contributed by atoms with Gasteiger partial charge in [-0.25, -0.2) is 9.78 Å². The molecule has 1 aromatic heterocycles. The summed E-state index contributed by atoms with van der Waals surface area (Å²) in [6.45, 7) is 1.87. The summed E-state index contributed by atoms with van der Waals surface area (Å²) in [7, 11) is 0. The van der Waals surface area contributed by atoms with Crippen molar-refractivity contribution in [1.29, 1.82) is 0 Å². The molecule has 0 aliphatic rings. The molecule has 0 fully saturated rings. The highest BCUT2D eigenvalue weighted by atomic mass is 79.9. The molecular formula is C14H12BrFN2O2. The first-order chi connectivity index (χ1) is 9.56. The van der Waals surface area contributed by atoms with E-state index >= 15 is 0 Å². The Balaban J connectivity index is 1.97. The van der Waals surface area contributed by atoms with Gasteiger partial charge in [0.25, 0.3) is 0 Å². The molecule has 6 heteroatoms. The smallest absolute Gasteiger partial charge is 0.412 e. The van der Waals surface area contributed by atoms with Crippen LogP contribution in [0.15, 0.2) is 41.0 Å². The number of benzene rings is 1. The second-order valence-electron chi connectivity index (χ2n) is 4.12. The van der Waals surface area contributed by atoms with Crippen molar-refractivity contribution in [3.63, 3.8) is 0 Å². The Morgan fingerprint density at radius 3 is 2.80 bits per heavy atom. The Morgan fingerprint density at radius 2 is 2.10 bits per heavy atom. The van der Waals surface area contributed by atoms with Crippen molar-refractivity contribution in [2.75, 3.05) is 5.32 Å². The fourth-order valence-electron chi connectivity index (χ4n) is 1.53. The lowest BCUT2D eigenvalue weighted by Crippen LogP contribution is -2.15.